The third kappa shape index (κ3) is 5.16. The van der Waals surface area contributed by atoms with Gasteiger partial charge >= 0.3 is 6.18 Å². The average Bonchev–Trinajstić information content (AvgIpc) is 2.55. The fraction of sp³-hybridized carbons (Fsp3) is 0.294. The summed E-state index contributed by atoms with van der Waals surface area (Å²) in [7, 11) is 3.26. The number of likely N-dealkylation sites (N-methyl/N-ethyl adjacent to an activating group) is 1. The number of rotatable bonds is 4. The summed E-state index contributed by atoms with van der Waals surface area (Å²) in [6, 6.07) is 15.1. The molecule has 2 rings (SSSR count). The Balaban J connectivity index is 0.00000116. The number of nitrogens with two attached hydrogens (primary N) is 1. The van der Waals surface area contributed by atoms with Crippen molar-refractivity contribution >= 4 is 0 Å². The number of halogens is 3. The van der Waals surface area contributed by atoms with Gasteiger partial charge in [0.1, 0.15) is 0 Å². The van der Waals surface area contributed by atoms with Crippen LogP contribution < -0.4 is 11.1 Å². The zero-order valence-corrected chi connectivity index (χ0v) is 12.7. The molecule has 0 spiro atoms. The maximum absolute atomic E-state index is 12.7. The van der Waals surface area contributed by atoms with E-state index in [1.807, 2.05) is 30.3 Å². The summed E-state index contributed by atoms with van der Waals surface area (Å²) in [6.07, 6.45) is -3.65. The van der Waals surface area contributed by atoms with Crippen LogP contribution in [0.25, 0.3) is 0 Å². The fourth-order valence-corrected chi connectivity index (χ4v) is 2.17. The molecule has 0 aliphatic carbocycles. The van der Waals surface area contributed by atoms with E-state index in [2.05, 4.69) is 11.1 Å². The number of nitrogens with one attached hydrogen (secondary N) is 1. The van der Waals surface area contributed by atoms with Crippen molar-refractivity contribution in [3.05, 3.63) is 71.3 Å². The summed E-state index contributed by atoms with van der Waals surface area (Å²) < 4.78 is 38.2. The van der Waals surface area contributed by atoms with E-state index >= 15 is 0 Å². The standard InChI is InChI=1S/C16H16F3N.CH5N/c1-20-15(10-12-6-3-2-4-7-12)13-8-5-9-14(11-13)16(17,18)19;1-2/h2-9,11,15,20H,10H2,1H3;2H2,1H3. The van der Waals surface area contributed by atoms with Gasteiger partial charge in [-0.05, 0) is 43.8 Å². The maximum Gasteiger partial charge on any atom is 0.416 e. The second kappa shape index (κ2) is 8.56. The topological polar surface area (TPSA) is 38.0 Å². The van der Waals surface area contributed by atoms with E-state index in [4.69, 9.17) is 0 Å². The van der Waals surface area contributed by atoms with E-state index in [9.17, 15) is 13.2 Å². The highest BCUT2D eigenvalue weighted by Gasteiger charge is 2.30. The van der Waals surface area contributed by atoms with Crippen molar-refractivity contribution in [3.8, 4) is 0 Å². The number of benzene rings is 2. The summed E-state index contributed by atoms with van der Waals surface area (Å²) in [4.78, 5) is 0. The first-order chi connectivity index (χ1) is 10.5. The van der Waals surface area contributed by atoms with E-state index < -0.39 is 11.7 Å². The minimum atomic E-state index is -4.30. The van der Waals surface area contributed by atoms with Crippen LogP contribution in [0, 0.1) is 0 Å². The Labute approximate surface area is 129 Å². The van der Waals surface area contributed by atoms with Crippen LogP contribution in [-0.4, -0.2) is 14.1 Å². The first-order valence-corrected chi connectivity index (χ1v) is 6.97. The predicted molar refractivity (Wildman–Crippen MR) is 83.5 cm³/mol. The SMILES string of the molecule is CN.CNC(Cc1ccccc1)c1cccc(C(F)(F)F)c1. The highest BCUT2D eigenvalue weighted by Crippen LogP contribution is 2.31. The Hall–Kier alpha value is -1.85. The van der Waals surface area contributed by atoms with Crippen LogP contribution in [0.15, 0.2) is 54.6 Å². The van der Waals surface area contributed by atoms with E-state index in [-0.39, 0.29) is 6.04 Å². The lowest BCUT2D eigenvalue weighted by Gasteiger charge is -2.18. The van der Waals surface area contributed by atoms with Crippen molar-refractivity contribution in [3.63, 3.8) is 0 Å². The molecule has 5 heteroatoms. The largest absolute Gasteiger partial charge is 0.416 e. The minimum absolute atomic E-state index is 0.139. The monoisotopic (exact) mass is 310 g/mol. The molecule has 2 nitrogen and oxygen atoms in total. The van der Waals surface area contributed by atoms with Crippen LogP contribution >= 0.6 is 0 Å². The van der Waals surface area contributed by atoms with Gasteiger partial charge in [-0.2, -0.15) is 13.2 Å². The number of hydrogen-bond donors (Lipinski definition) is 2. The normalized spacial score (nSPS) is 12.3. The molecule has 120 valence electrons. The predicted octanol–water partition coefficient (Wildman–Crippen LogP) is 3.78. The quantitative estimate of drug-likeness (QED) is 0.902. The lowest BCUT2D eigenvalue weighted by atomic mass is 9.97. The Morgan fingerprint density at radius 3 is 2.18 bits per heavy atom. The molecule has 1 unspecified atom stereocenters. The molecule has 2 aromatic rings. The molecule has 0 bridgehead atoms. The van der Waals surface area contributed by atoms with Gasteiger partial charge in [0, 0.05) is 6.04 Å². The van der Waals surface area contributed by atoms with Gasteiger partial charge < -0.3 is 11.1 Å². The Bertz CT molecular complexity index is 553. The molecule has 0 amide bonds. The number of hydrogen-bond acceptors (Lipinski definition) is 2. The zero-order valence-electron chi connectivity index (χ0n) is 12.7. The van der Waals surface area contributed by atoms with E-state index in [0.717, 1.165) is 11.6 Å². The minimum Gasteiger partial charge on any atom is -0.333 e. The van der Waals surface area contributed by atoms with Crippen LogP contribution in [0.5, 0.6) is 0 Å². The molecule has 22 heavy (non-hydrogen) atoms. The van der Waals surface area contributed by atoms with Crippen LogP contribution in [-0.2, 0) is 12.6 Å². The van der Waals surface area contributed by atoms with Crippen LogP contribution in [0.3, 0.4) is 0 Å². The smallest absolute Gasteiger partial charge is 0.333 e. The third-order valence-electron chi connectivity index (χ3n) is 3.25. The van der Waals surface area contributed by atoms with Gasteiger partial charge in [-0.1, -0.05) is 42.5 Å². The van der Waals surface area contributed by atoms with E-state index in [0.29, 0.717) is 12.0 Å². The third-order valence-corrected chi connectivity index (χ3v) is 3.25. The van der Waals surface area contributed by atoms with Crippen molar-refractivity contribution in [2.45, 2.75) is 18.6 Å². The van der Waals surface area contributed by atoms with Crippen LogP contribution in [0.4, 0.5) is 13.2 Å². The molecule has 0 saturated carbocycles. The van der Waals surface area contributed by atoms with Gasteiger partial charge in [-0.25, -0.2) is 0 Å². The zero-order chi connectivity index (χ0) is 16.6. The molecule has 0 aromatic heterocycles. The first-order valence-electron chi connectivity index (χ1n) is 6.97. The van der Waals surface area contributed by atoms with Gasteiger partial charge in [-0.15, -0.1) is 0 Å². The average molecular weight is 310 g/mol. The van der Waals surface area contributed by atoms with Crippen molar-refractivity contribution in [2.75, 3.05) is 14.1 Å². The molecule has 0 heterocycles. The van der Waals surface area contributed by atoms with Crippen LogP contribution in [0.1, 0.15) is 22.7 Å². The summed E-state index contributed by atoms with van der Waals surface area (Å²) in [6.45, 7) is 0. The lowest BCUT2D eigenvalue weighted by molar-refractivity contribution is -0.137. The molecule has 3 N–H and O–H groups in total. The molecule has 0 saturated heterocycles. The van der Waals surface area contributed by atoms with Crippen molar-refractivity contribution in [1.29, 1.82) is 0 Å². The molecule has 1 atom stereocenters. The maximum atomic E-state index is 12.7. The van der Waals surface area contributed by atoms with Crippen molar-refractivity contribution < 1.29 is 13.2 Å². The molecule has 0 aliphatic heterocycles. The Morgan fingerprint density at radius 1 is 1.00 bits per heavy atom. The second-order valence-electron chi connectivity index (χ2n) is 4.65. The Kier molecular flexibility index (Phi) is 7.08. The van der Waals surface area contributed by atoms with Crippen LogP contribution in [0.2, 0.25) is 0 Å². The van der Waals surface area contributed by atoms with Gasteiger partial charge in [-0.3, -0.25) is 0 Å². The van der Waals surface area contributed by atoms with Gasteiger partial charge in [0.05, 0.1) is 5.56 Å². The summed E-state index contributed by atoms with van der Waals surface area (Å²) in [5, 5.41) is 3.08. The highest BCUT2D eigenvalue weighted by atomic mass is 19.4. The van der Waals surface area contributed by atoms with Gasteiger partial charge in [0.15, 0.2) is 0 Å². The van der Waals surface area contributed by atoms with E-state index in [1.165, 1.54) is 19.2 Å². The van der Waals surface area contributed by atoms with E-state index in [1.54, 1.807) is 13.1 Å². The molecular weight excluding hydrogens is 289 g/mol. The van der Waals surface area contributed by atoms with Crippen molar-refractivity contribution in [1.82, 2.24) is 5.32 Å². The summed E-state index contributed by atoms with van der Waals surface area (Å²) in [5.41, 5.74) is 5.62. The summed E-state index contributed by atoms with van der Waals surface area (Å²) in [5.74, 6) is 0. The Morgan fingerprint density at radius 2 is 1.64 bits per heavy atom. The van der Waals surface area contributed by atoms with Gasteiger partial charge in [0.2, 0.25) is 0 Å². The first kappa shape index (κ1) is 18.2. The number of alkyl halides is 3. The molecule has 0 aliphatic rings. The van der Waals surface area contributed by atoms with Gasteiger partial charge in [0.25, 0.3) is 0 Å². The fourth-order valence-electron chi connectivity index (χ4n) is 2.17. The lowest BCUT2D eigenvalue weighted by Crippen LogP contribution is -2.19. The second-order valence-corrected chi connectivity index (χ2v) is 4.65. The van der Waals surface area contributed by atoms with Crippen molar-refractivity contribution in [2.24, 2.45) is 5.73 Å². The summed E-state index contributed by atoms with van der Waals surface area (Å²) >= 11 is 0. The molecule has 2 aromatic carbocycles. The molecule has 0 radical (unpaired) electrons. The highest BCUT2D eigenvalue weighted by molar-refractivity contribution is 5.29. The molecular formula is C17H21F3N2. The molecule has 0 fully saturated rings.